The molecule has 0 aromatic heterocycles. The van der Waals surface area contributed by atoms with E-state index in [1.165, 1.54) is 12.1 Å². The third-order valence-electron chi connectivity index (χ3n) is 6.03. The van der Waals surface area contributed by atoms with Crippen LogP contribution in [0.5, 0.6) is 11.5 Å². The highest BCUT2D eigenvalue weighted by atomic mass is 32.2. The number of amides is 1. The first-order chi connectivity index (χ1) is 14.5. The Bertz CT molecular complexity index is 1090. The Morgan fingerprint density at radius 1 is 1.00 bits per heavy atom. The molecule has 1 saturated carbocycles. The number of ether oxygens (including phenoxy) is 2. The molecular weight excluding hydrogens is 404 g/mol. The molecule has 0 unspecified atom stereocenters. The lowest BCUT2D eigenvalue weighted by Gasteiger charge is -2.22. The van der Waals surface area contributed by atoms with Gasteiger partial charge in [-0.2, -0.15) is 0 Å². The maximum Gasteiger partial charge on any atom is 0.262 e. The number of carbonyl (C=O) groups excluding carboxylic acids is 1. The monoisotopic (exact) mass is 428 g/mol. The molecule has 7 nitrogen and oxygen atoms in total. The molecule has 5 rings (SSSR count). The van der Waals surface area contributed by atoms with Crippen LogP contribution < -0.4 is 19.1 Å². The van der Waals surface area contributed by atoms with E-state index in [0.717, 1.165) is 43.4 Å². The summed E-state index contributed by atoms with van der Waals surface area (Å²) < 4.78 is 39.4. The van der Waals surface area contributed by atoms with Crippen molar-refractivity contribution in [1.82, 2.24) is 0 Å². The molecule has 8 heteroatoms. The van der Waals surface area contributed by atoms with E-state index < -0.39 is 10.0 Å². The van der Waals surface area contributed by atoms with Gasteiger partial charge in [0.05, 0.1) is 10.6 Å². The van der Waals surface area contributed by atoms with Crippen LogP contribution in [0.3, 0.4) is 0 Å². The highest BCUT2D eigenvalue weighted by Crippen LogP contribution is 2.36. The second kappa shape index (κ2) is 7.50. The third-order valence-corrected chi connectivity index (χ3v) is 7.41. The Hall–Kier alpha value is -2.74. The second-order valence-electron chi connectivity index (χ2n) is 7.98. The van der Waals surface area contributed by atoms with Crippen molar-refractivity contribution >= 4 is 27.3 Å². The van der Waals surface area contributed by atoms with Gasteiger partial charge in [-0.15, -0.1) is 0 Å². The molecule has 0 saturated heterocycles. The van der Waals surface area contributed by atoms with Gasteiger partial charge in [-0.25, -0.2) is 8.42 Å². The largest absolute Gasteiger partial charge is 0.486 e. The Balaban J connectivity index is 1.39. The minimum atomic E-state index is -3.81. The van der Waals surface area contributed by atoms with Crippen LogP contribution >= 0.6 is 0 Å². The molecule has 2 aromatic rings. The fourth-order valence-corrected chi connectivity index (χ4v) is 5.53. The van der Waals surface area contributed by atoms with Crippen LogP contribution in [0.1, 0.15) is 31.2 Å². The lowest BCUT2D eigenvalue weighted by Crippen LogP contribution is -2.33. The summed E-state index contributed by atoms with van der Waals surface area (Å²) in [6.45, 7) is 1.49. The van der Waals surface area contributed by atoms with Crippen molar-refractivity contribution in [2.24, 2.45) is 5.92 Å². The number of carbonyl (C=O) groups is 1. The molecule has 1 fully saturated rings. The van der Waals surface area contributed by atoms with Gasteiger partial charge in [-0.1, -0.05) is 18.9 Å². The van der Waals surface area contributed by atoms with E-state index in [0.29, 0.717) is 36.9 Å². The van der Waals surface area contributed by atoms with Gasteiger partial charge in [-0.05, 0) is 49.1 Å². The van der Waals surface area contributed by atoms with Gasteiger partial charge in [0.1, 0.15) is 13.2 Å². The molecule has 2 aliphatic heterocycles. The lowest BCUT2D eigenvalue weighted by atomic mass is 10.1. The average molecular weight is 429 g/mol. The summed E-state index contributed by atoms with van der Waals surface area (Å²) in [7, 11) is -3.81. The minimum absolute atomic E-state index is 0.0917. The van der Waals surface area contributed by atoms with Crippen LogP contribution in [-0.2, 0) is 21.2 Å². The molecule has 0 bridgehead atoms. The first-order valence-corrected chi connectivity index (χ1v) is 11.9. The Kier molecular flexibility index (Phi) is 4.81. The van der Waals surface area contributed by atoms with Gasteiger partial charge in [0.2, 0.25) is 5.91 Å². The van der Waals surface area contributed by atoms with Crippen LogP contribution in [0.4, 0.5) is 11.4 Å². The van der Waals surface area contributed by atoms with Crippen molar-refractivity contribution in [3.63, 3.8) is 0 Å². The number of rotatable bonds is 4. The normalized spacial score (nSPS) is 18.3. The first kappa shape index (κ1) is 19.2. The maximum absolute atomic E-state index is 12.9. The zero-order chi connectivity index (χ0) is 20.7. The predicted octanol–water partition coefficient (Wildman–Crippen LogP) is 3.34. The second-order valence-corrected chi connectivity index (χ2v) is 9.66. The maximum atomic E-state index is 12.9. The smallest absolute Gasteiger partial charge is 0.262 e. The van der Waals surface area contributed by atoms with Gasteiger partial charge in [0.15, 0.2) is 11.5 Å². The Morgan fingerprint density at radius 2 is 1.77 bits per heavy atom. The van der Waals surface area contributed by atoms with Gasteiger partial charge >= 0.3 is 0 Å². The van der Waals surface area contributed by atoms with Crippen molar-refractivity contribution in [3.05, 3.63) is 42.0 Å². The number of hydrogen-bond acceptors (Lipinski definition) is 5. The molecule has 1 N–H and O–H groups in total. The van der Waals surface area contributed by atoms with Crippen LogP contribution in [0.15, 0.2) is 41.3 Å². The summed E-state index contributed by atoms with van der Waals surface area (Å²) in [5.74, 6) is 1.22. The SMILES string of the molecule is O=C(C1CCCC1)N1CCc2ccc(NS(=O)(=O)c3ccc4c(c3)OCCO4)cc21. The summed E-state index contributed by atoms with van der Waals surface area (Å²) in [4.78, 5) is 14.9. The van der Waals surface area contributed by atoms with Gasteiger partial charge in [-0.3, -0.25) is 9.52 Å². The first-order valence-electron chi connectivity index (χ1n) is 10.4. The number of benzene rings is 2. The number of anilines is 2. The van der Waals surface area contributed by atoms with Crippen molar-refractivity contribution < 1.29 is 22.7 Å². The molecule has 3 aliphatic rings. The summed E-state index contributed by atoms with van der Waals surface area (Å²) >= 11 is 0. The molecule has 2 aromatic carbocycles. The van der Waals surface area contributed by atoms with E-state index in [4.69, 9.17) is 9.47 Å². The van der Waals surface area contributed by atoms with E-state index in [1.807, 2.05) is 11.0 Å². The standard InChI is InChI=1S/C22H24N2O5S/c25-22(16-3-1-2-4-16)24-10-9-15-5-6-17(13-19(15)24)23-30(26,27)18-7-8-20-21(14-18)29-12-11-28-20/h5-8,13-14,16,23H,1-4,9-12H2. The number of nitrogens with one attached hydrogen (secondary N) is 1. The molecule has 0 radical (unpaired) electrons. The van der Waals surface area contributed by atoms with Crippen LogP contribution in [0, 0.1) is 5.92 Å². The molecule has 2 heterocycles. The van der Waals surface area contributed by atoms with Gasteiger partial charge < -0.3 is 14.4 Å². The van der Waals surface area contributed by atoms with Gasteiger partial charge in [0.25, 0.3) is 10.0 Å². The van der Waals surface area contributed by atoms with Crippen LogP contribution in [-0.4, -0.2) is 34.1 Å². The van der Waals surface area contributed by atoms with E-state index >= 15 is 0 Å². The van der Waals surface area contributed by atoms with Crippen molar-refractivity contribution in [1.29, 1.82) is 0 Å². The molecule has 30 heavy (non-hydrogen) atoms. The van der Waals surface area contributed by atoms with E-state index in [1.54, 1.807) is 18.2 Å². The van der Waals surface area contributed by atoms with Crippen molar-refractivity contribution in [2.45, 2.75) is 37.0 Å². The molecule has 1 aliphatic carbocycles. The van der Waals surface area contributed by atoms with Crippen molar-refractivity contribution in [3.8, 4) is 11.5 Å². The van der Waals surface area contributed by atoms with E-state index in [-0.39, 0.29) is 16.7 Å². The summed E-state index contributed by atoms with van der Waals surface area (Å²) in [5, 5.41) is 0. The summed E-state index contributed by atoms with van der Waals surface area (Å²) in [6.07, 6.45) is 4.89. The average Bonchev–Trinajstić information content (AvgIpc) is 3.43. The molecule has 0 atom stereocenters. The molecule has 158 valence electrons. The number of hydrogen-bond donors (Lipinski definition) is 1. The fraction of sp³-hybridized carbons (Fsp3) is 0.409. The minimum Gasteiger partial charge on any atom is -0.486 e. The molecule has 1 amide bonds. The summed E-state index contributed by atoms with van der Waals surface area (Å²) in [5.41, 5.74) is 2.33. The van der Waals surface area contributed by atoms with Crippen molar-refractivity contribution in [2.75, 3.05) is 29.4 Å². The van der Waals surface area contributed by atoms with E-state index in [2.05, 4.69) is 4.72 Å². The highest BCUT2D eigenvalue weighted by molar-refractivity contribution is 7.92. The Morgan fingerprint density at radius 3 is 2.57 bits per heavy atom. The Labute approximate surface area is 176 Å². The van der Waals surface area contributed by atoms with Crippen LogP contribution in [0.25, 0.3) is 0 Å². The lowest BCUT2D eigenvalue weighted by molar-refractivity contribution is -0.122. The predicted molar refractivity (Wildman–Crippen MR) is 113 cm³/mol. The number of sulfonamides is 1. The third kappa shape index (κ3) is 3.49. The number of fused-ring (bicyclic) bond motifs is 2. The van der Waals surface area contributed by atoms with E-state index in [9.17, 15) is 13.2 Å². The van der Waals surface area contributed by atoms with Crippen LogP contribution in [0.2, 0.25) is 0 Å². The molecule has 0 spiro atoms. The quantitative estimate of drug-likeness (QED) is 0.807. The molecular formula is C22H24N2O5S. The summed E-state index contributed by atoms with van der Waals surface area (Å²) in [6, 6.07) is 9.99. The number of nitrogens with zero attached hydrogens (tertiary/aromatic N) is 1. The highest BCUT2D eigenvalue weighted by Gasteiger charge is 2.32. The topological polar surface area (TPSA) is 84.9 Å². The fourth-order valence-electron chi connectivity index (χ4n) is 4.47. The zero-order valence-electron chi connectivity index (χ0n) is 16.6. The zero-order valence-corrected chi connectivity index (χ0v) is 17.4. The van der Waals surface area contributed by atoms with Gasteiger partial charge in [0, 0.05) is 24.2 Å².